The molecule has 0 bridgehead atoms. The number of carbonyl (C=O) groups is 1. The highest BCUT2D eigenvalue weighted by atomic mass is 79.9. The third kappa shape index (κ3) is 3.26. The molecule has 1 atom stereocenters. The lowest BCUT2D eigenvalue weighted by Crippen LogP contribution is -2.45. The van der Waals surface area contributed by atoms with E-state index in [0.717, 1.165) is 12.0 Å². The fraction of sp³-hybridized carbons (Fsp3) is 0.417. The maximum Gasteiger partial charge on any atom is 0.220 e. The van der Waals surface area contributed by atoms with Crippen LogP contribution in [-0.2, 0) is 11.3 Å². The van der Waals surface area contributed by atoms with E-state index in [1.165, 1.54) is 6.07 Å². The van der Waals surface area contributed by atoms with Crippen LogP contribution < -0.4 is 10.6 Å². The number of hydrogen-bond acceptors (Lipinski definition) is 2. The van der Waals surface area contributed by atoms with E-state index in [2.05, 4.69) is 26.6 Å². The first-order chi connectivity index (χ1) is 8.16. The zero-order chi connectivity index (χ0) is 12.3. The molecular weight excluding hydrogens is 287 g/mol. The molecule has 0 saturated carbocycles. The smallest absolute Gasteiger partial charge is 0.220 e. The van der Waals surface area contributed by atoms with Gasteiger partial charge in [0.05, 0.1) is 4.47 Å². The van der Waals surface area contributed by atoms with Crippen LogP contribution in [0.25, 0.3) is 0 Å². The molecule has 0 aliphatic carbocycles. The number of carbonyl (C=O) groups excluding carboxylic acids is 1. The van der Waals surface area contributed by atoms with E-state index in [0.29, 0.717) is 24.0 Å². The Morgan fingerprint density at radius 3 is 3.06 bits per heavy atom. The molecule has 0 aromatic heterocycles. The van der Waals surface area contributed by atoms with E-state index in [4.69, 9.17) is 0 Å². The predicted octanol–water partition coefficient (Wildman–Crippen LogP) is 1.96. The molecular formula is C12H14BrFN2O. The van der Waals surface area contributed by atoms with Crippen molar-refractivity contribution >= 4 is 21.8 Å². The quantitative estimate of drug-likeness (QED) is 0.896. The Morgan fingerprint density at radius 1 is 1.53 bits per heavy atom. The number of benzene rings is 1. The first kappa shape index (κ1) is 12.5. The minimum atomic E-state index is -0.249. The van der Waals surface area contributed by atoms with Crippen molar-refractivity contribution in [1.82, 2.24) is 10.6 Å². The molecule has 0 spiro atoms. The summed E-state index contributed by atoms with van der Waals surface area (Å²) >= 11 is 3.23. The monoisotopic (exact) mass is 300 g/mol. The first-order valence-electron chi connectivity index (χ1n) is 5.60. The maximum absolute atomic E-state index is 13.3. The van der Waals surface area contributed by atoms with E-state index < -0.39 is 0 Å². The molecule has 1 saturated heterocycles. The van der Waals surface area contributed by atoms with Gasteiger partial charge in [-0.05, 0) is 34.0 Å². The van der Waals surface area contributed by atoms with Crippen LogP contribution in [0.1, 0.15) is 18.4 Å². The van der Waals surface area contributed by atoms with Gasteiger partial charge in [-0.3, -0.25) is 4.79 Å². The number of nitrogens with one attached hydrogen (secondary N) is 2. The molecule has 3 nitrogen and oxygen atoms in total. The van der Waals surface area contributed by atoms with Gasteiger partial charge in [-0.15, -0.1) is 0 Å². The molecule has 5 heteroatoms. The summed E-state index contributed by atoms with van der Waals surface area (Å²) in [5.74, 6) is -0.142. The summed E-state index contributed by atoms with van der Waals surface area (Å²) in [6, 6.07) is 5.26. The summed E-state index contributed by atoms with van der Waals surface area (Å²) in [5, 5.41) is 6.12. The molecule has 1 heterocycles. The van der Waals surface area contributed by atoms with Gasteiger partial charge in [0.25, 0.3) is 0 Å². The topological polar surface area (TPSA) is 41.1 Å². The fourth-order valence-electron chi connectivity index (χ4n) is 1.85. The summed E-state index contributed by atoms with van der Waals surface area (Å²) in [6.07, 6.45) is 1.39. The number of amides is 1. The van der Waals surface area contributed by atoms with Crippen molar-refractivity contribution in [3.63, 3.8) is 0 Å². The van der Waals surface area contributed by atoms with Gasteiger partial charge < -0.3 is 10.6 Å². The molecule has 2 rings (SSSR count). The van der Waals surface area contributed by atoms with Crippen LogP contribution in [-0.4, -0.2) is 18.5 Å². The Labute approximate surface area is 108 Å². The van der Waals surface area contributed by atoms with Gasteiger partial charge in [0.2, 0.25) is 5.91 Å². The minimum Gasteiger partial charge on any atom is -0.355 e. The summed E-state index contributed by atoms with van der Waals surface area (Å²) in [5.41, 5.74) is 0.891. The van der Waals surface area contributed by atoms with Crippen LogP contribution in [0.3, 0.4) is 0 Å². The van der Waals surface area contributed by atoms with E-state index in [9.17, 15) is 9.18 Å². The average Bonchev–Trinajstić information content (AvgIpc) is 2.33. The number of halogens is 2. The lowest BCUT2D eigenvalue weighted by atomic mass is 10.1. The van der Waals surface area contributed by atoms with Crippen LogP contribution in [0.2, 0.25) is 0 Å². The van der Waals surface area contributed by atoms with Crippen molar-refractivity contribution < 1.29 is 9.18 Å². The lowest BCUT2D eigenvalue weighted by Gasteiger charge is -2.23. The largest absolute Gasteiger partial charge is 0.355 e. The molecule has 1 aromatic rings. The van der Waals surface area contributed by atoms with Crippen molar-refractivity contribution in [2.75, 3.05) is 6.54 Å². The second kappa shape index (κ2) is 5.60. The minimum absolute atomic E-state index is 0.106. The van der Waals surface area contributed by atoms with Crippen molar-refractivity contribution in [3.8, 4) is 0 Å². The second-order valence-corrected chi connectivity index (χ2v) is 4.93. The van der Waals surface area contributed by atoms with Gasteiger partial charge in [0.1, 0.15) is 5.82 Å². The number of piperidine rings is 1. The highest BCUT2D eigenvalue weighted by molar-refractivity contribution is 9.10. The molecule has 1 aromatic carbocycles. The Morgan fingerprint density at radius 2 is 2.35 bits per heavy atom. The van der Waals surface area contributed by atoms with Crippen LogP contribution in [0, 0.1) is 5.82 Å². The van der Waals surface area contributed by atoms with Crippen molar-refractivity contribution in [2.45, 2.75) is 25.4 Å². The maximum atomic E-state index is 13.3. The van der Waals surface area contributed by atoms with Crippen molar-refractivity contribution in [2.24, 2.45) is 0 Å². The summed E-state index contributed by atoms with van der Waals surface area (Å²) in [7, 11) is 0. The van der Waals surface area contributed by atoms with Crippen LogP contribution in [0.15, 0.2) is 22.7 Å². The number of hydrogen-bond donors (Lipinski definition) is 2. The molecule has 1 unspecified atom stereocenters. The third-order valence-corrected chi connectivity index (χ3v) is 3.77. The Balaban J connectivity index is 1.89. The fourth-order valence-corrected chi connectivity index (χ4v) is 2.25. The summed E-state index contributed by atoms with van der Waals surface area (Å²) < 4.78 is 13.8. The lowest BCUT2D eigenvalue weighted by molar-refractivity contribution is -0.122. The van der Waals surface area contributed by atoms with Crippen molar-refractivity contribution in [1.29, 1.82) is 0 Å². The molecule has 2 N–H and O–H groups in total. The van der Waals surface area contributed by atoms with Gasteiger partial charge in [-0.1, -0.05) is 12.1 Å². The number of rotatable bonds is 3. The molecule has 0 radical (unpaired) electrons. The highest BCUT2D eigenvalue weighted by Gasteiger charge is 2.17. The first-order valence-corrected chi connectivity index (χ1v) is 6.39. The van der Waals surface area contributed by atoms with Gasteiger partial charge in [-0.25, -0.2) is 4.39 Å². The van der Waals surface area contributed by atoms with E-state index >= 15 is 0 Å². The molecule has 92 valence electrons. The second-order valence-electron chi connectivity index (χ2n) is 4.13. The van der Waals surface area contributed by atoms with E-state index in [1.807, 2.05) is 6.07 Å². The average molecular weight is 301 g/mol. The molecule has 1 fully saturated rings. The van der Waals surface area contributed by atoms with Gasteiger partial charge in [0.15, 0.2) is 0 Å². The SMILES string of the molecule is O=C1CCC(NCc2cccc(F)c2Br)CN1. The summed E-state index contributed by atoms with van der Waals surface area (Å²) in [4.78, 5) is 11.0. The predicted molar refractivity (Wildman–Crippen MR) is 67.0 cm³/mol. The Bertz CT molecular complexity index is 415. The van der Waals surface area contributed by atoms with Gasteiger partial charge in [-0.2, -0.15) is 0 Å². The summed E-state index contributed by atoms with van der Waals surface area (Å²) in [6.45, 7) is 1.24. The zero-order valence-corrected chi connectivity index (χ0v) is 10.9. The zero-order valence-electron chi connectivity index (χ0n) is 9.30. The standard InChI is InChI=1S/C12H14BrFN2O/c13-12-8(2-1-3-10(12)14)6-15-9-4-5-11(17)16-7-9/h1-3,9,15H,4-7H2,(H,16,17). The van der Waals surface area contributed by atoms with Gasteiger partial charge in [0, 0.05) is 25.6 Å². The van der Waals surface area contributed by atoms with Gasteiger partial charge >= 0.3 is 0 Å². The molecule has 1 aliphatic heterocycles. The molecule has 17 heavy (non-hydrogen) atoms. The van der Waals surface area contributed by atoms with Crippen molar-refractivity contribution in [3.05, 3.63) is 34.1 Å². The molecule has 1 aliphatic rings. The third-order valence-electron chi connectivity index (χ3n) is 2.88. The van der Waals surface area contributed by atoms with E-state index in [1.54, 1.807) is 6.07 Å². The normalized spacial score (nSPS) is 20.1. The Kier molecular flexibility index (Phi) is 4.12. The van der Waals surface area contributed by atoms with Crippen LogP contribution in [0.5, 0.6) is 0 Å². The van der Waals surface area contributed by atoms with Crippen LogP contribution >= 0.6 is 15.9 Å². The molecule has 1 amide bonds. The van der Waals surface area contributed by atoms with E-state index in [-0.39, 0.29) is 17.8 Å². The Hall–Kier alpha value is -0.940. The van der Waals surface area contributed by atoms with Crippen LogP contribution in [0.4, 0.5) is 4.39 Å². The highest BCUT2D eigenvalue weighted by Crippen LogP contribution is 2.20.